The van der Waals surface area contributed by atoms with Crippen molar-refractivity contribution in [3.63, 3.8) is 0 Å². The van der Waals surface area contributed by atoms with Gasteiger partial charge in [0, 0.05) is 22.2 Å². The molecule has 2 N–H and O–H groups in total. The van der Waals surface area contributed by atoms with Gasteiger partial charge in [-0.15, -0.1) is 0 Å². The van der Waals surface area contributed by atoms with E-state index >= 15 is 0 Å². The molecule has 4 heteroatoms. The largest absolute Gasteiger partial charge is 0.352 e. The fourth-order valence-corrected chi connectivity index (χ4v) is 2.51. The molecule has 0 atom stereocenters. The minimum atomic E-state index is 0.0167. The van der Waals surface area contributed by atoms with E-state index in [0.717, 1.165) is 41.6 Å². The summed E-state index contributed by atoms with van der Waals surface area (Å²) >= 11 is 2.22. The maximum Gasteiger partial charge on any atom is 0.251 e. The average molecular weight is 356 g/mol. The van der Waals surface area contributed by atoms with Crippen molar-refractivity contribution in [2.75, 3.05) is 19.6 Å². The van der Waals surface area contributed by atoms with Crippen molar-refractivity contribution in [1.29, 1.82) is 0 Å². The van der Waals surface area contributed by atoms with Gasteiger partial charge in [0.15, 0.2) is 0 Å². The Bertz CT molecular complexity index is 457. The normalized spacial score (nSPS) is 15.1. The lowest BCUT2D eigenvalue weighted by atomic mass is 10.1. The highest BCUT2D eigenvalue weighted by atomic mass is 127. The monoisotopic (exact) mass is 356 g/mol. The molecule has 0 aliphatic carbocycles. The van der Waals surface area contributed by atoms with Crippen LogP contribution in [-0.4, -0.2) is 25.5 Å². The zero-order chi connectivity index (χ0) is 12.8. The molecule has 1 aromatic carbocycles. The molecule has 0 bridgehead atoms. The lowest BCUT2D eigenvalue weighted by Gasteiger charge is -2.14. The van der Waals surface area contributed by atoms with Gasteiger partial charge in [-0.05, 0) is 60.2 Å². The van der Waals surface area contributed by atoms with E-state index in [-0.39, 0.29) is 5.91 Å². The van der Waals surface area contributed by atoms with Gasteiger partial charge < -0.3 is 10.6 Å². The van der Waals surface area contributed by atoms with Crippen molar-refractivity contribution in [2.45, 2.75) is 12.8 Å². The molecule has 1 heterocycles. The minimum Gasteiger partial charge on any atom is -0.352 e. The van der Waals surface area contributed by atoms with Crippen LogP contribution in [0.15, 0.2) is 35.9 Å². The fraction of sp³-hybridized carbons (Fsp3) is 0.357. The van der Waals surface area contributed by atoms with E-state index in [0.29, 0.717) is 0 Å². The van der Waals surface area contributed by atoms with E-state index < -0.39 is 0 Å². The first-order valence-corrected chi connectivity index (χ1v) is 7.26. The predicted octanol–water partition coefficient (Wildman–Crippen LogP) is 2.33. The van der Waals surface area contributed by atoms with Gasteiger partial charge in [0.2, 0.25) is 0 Å². The first kappa shape index (κ1) is 13.5. The third-order valence-corrected chi connectivity index (χ3v) is 3.65. The number of benzene rings is 1. The summed E-state index contributed by atoms with van der Waals surface area (Å²) in [5, 5.41) is 6.25. The van der Waals surface area contributed by atoms with Gasteiger partial charge in [-0.2, -0.15) is 0 Å². The molecule has 1 aromatic rings. The van der Waals surface area contributed by atoms with Crippen LogP contribution in [0.25, 0.3) is 0 Å². The van der Waals surface area contributed by atoms with Gasteiger partial charge in [0.25, 0.3) is 5.91 Å². The van der Waals surface area contributed by atoms with Crippen LogP contribution in [0.4, 0.5) is 0 Å². The summed E-state index contributed by atoms with van der Waals surface area (Å²) in [4.78, 5) is 11.9. The average Bonchev–Trinajstić information content (AvgIpc) is 2.40. The quantitative estimate of drug-likeness (QED) is 0.642. The van der Waals surface area contributed by atoms with E-state index in [2.05, 4.69) is 39.3 Å². The van der Waals surface area contributed by atoms with Crippen LogP contribution < -0.4 is 10.6 Å². The van der Waals surface area contributed by atoms with Gasteiger partial charge in [-0.3, -0.25) is 4.79 Å². The summed E-state index contributed by atoms with van der Waals surface area (Å²) in [6.07, 6.45) is 4.28. The van der Waals surface area contributed by atoms with Crippen LogP contribution >= 0.6 is 22.6 Å². The zero-order valence-corrected chi connectivity index (χ0v) is 12.4. The molecule has 1 aliphatic heterocycles. The van der Waals surface area contributed by atoms with Gasteiger partial charge >= 0.3 is 0 Å². The first-order valence-electron chi connectivity index (χ1n) is 6.18. The van der Waals surface area contributed by atoms with Crippen LogP contribution in [0.5, 0.6) is 0 Å². The molecule has 0 spiro atoms. The van der Waals surface area contributed by atoms with Crippen molar-refractivity contribution in [2.24, 2.45) is 0 Å². The standard InChI is InChI=1S/C14H17IN2O/c15-13-3-1-2-12(10-13)14(18)17-9-6-11-4-7-16-8-5-11/h1-4,10,16H,5-9H2,(H,17,18). The lowest BCUT2D eigenvalue weighted by Crippen LogP contribution is -2.26. The van der Waals surface area contributed by atoms with Crippen LogP contribution in [0.2, 0.25) is 0 Å². The second-order valence-corrected chi connectivity index (χ2v) is 5.58. The molecule has 3 nitrogen and oxygen atoms in total. The Hall–Kier alpha value is -0.880. The Kier molecular flexibility index (Phi) is 5.19. The highest BCUT2D eigenvalue weighted by molar-refractivity contribution is 14.1. The third kappa shape index (κ3) is 4.10. The van der Waals surface area contributed by atoms with E-state index in [1.54, 1.807) is 0 Å². The highest BCUT2D eigenvalue weighted by Crippen LogP contribution is 2.09. The van der Waals surface area contributed by atoms with Gasteiger partial charge in [-0.1, -0.05) is 17.7 Å². The molecule has 0 aromatic heterocycles. The van der Waals surface area contributed by atoms with Gasteiger partial charge in [0.05, 0.1) is 0 Å². The number of hydrogen-bond acceptors (Lipinski definition) is 2. The molecule has 18 heavy (non-hydrogen) atoms. The Labute approximate surface area is 121 Å². The fourth-order valence-electron chi connectivity index (χ4n) is 1.97. The molecule has 0 saturated heterocycles. The smallest absolute Gasteiger partial charge is 0.251 e. The summed E-state index contributed by atoms with van der Waals surface area (Å²) in [6.45, 7) is 2.73. The summed E-state index contributed by atoms with van der Waals surface area (Å²) in [5.74, 6) is 0.0167. The molecular formula is C14H17IN2O. The third-order valence-electron chi connectivity index (χ3n) is 2.98. The number of hydrogen-bond donors (Lipinski definition) is 2. The molecule has 2 rings (SSSR count). The molecule has 0 radical (unpaired) electrons. The van der Waals surface area contributed by atoms with Crippen molar-refractivity contribution < 1.29 is 4.79 Å². The number of nitrogens with one attached hydrogen (secondary N) is 2. The van der Waals surface area contributed by atoms with Crippen LogP contribution in [0.1, 0.15) is 23.2 Å². The second kappa shape index (κ2) is 6.89. The summed E-state index contributed by atoms with van der Waals surface area (Å²) in [5.41, 5.74) is 2.18. The van der Waals surface area contributed by atoms with Crippen LogP contribution in [0.3, 0.4) is 0 Å². The van der Waals surface area contributed by atoms with Crippen molar-refractivity contribution in [3.05, 3.63) is 45.0 Å². The lowest BCUT2D eigenvalue weighted by molar-refractivity contribution is 0.0954. The molecule has 0 unspecified atom stereocenters. The van der Waals surface area contributed by atoms with E-state index in [9.17, 15) is 4.79 Å². The molecular weight excluding hydrogens is 339 g/mol. The zero-order valence-electron chi connectivity index (χ0n) is 10.2. The number of rotatable bonds is 4. The predicted molar refractivity (Wildman–Crippen MR) is 81.7 cm³/mol. The van der Waals surface area contributed by atoms with E-state index in [1.807, 2.05) is 24.3 Å². The maximum atomic E-state index is 11.9. The van der Waals surface area contributed by atoms with Crippen LogP contribution in [0, 0.1) is 3.57 Å². The molecule has 1 amide bonds. The van der Waals surface area contributed by atoms with Crippen molar-refractivity contribution in [3.8, 4) is 0 Å². The summed E-state index contributed by atoms with van der Waals surface area (Å²) < 4.78 is 1.08. The summed E-state index contributed by atoms with van der Waals surface area (Å²) in [7, 11) is 0. The minimum absolute atomic E-state index is 0.0167. The molecule has 0 fully saturated rings. The Balaban J connectivity index is 1.79. The molecule has 1 aliphatic rings. The number of amides is 1. The number of carbonyl (C=O) groups is 1. The first-order chi connectivity index (χ1) is 8.75. The second-order valence-electron chi connectivity index (χ2n) is 4.33. The highest BCUT2D eigenvalue weighted by Gasteiger charge is 2.06. The molecule has 96 valence electrons. The SMILES string of the molecule is O=C(NCCC1=CCNCC1)c1cccc(I)c1. The summed E-state index contributed by atoms with van der Waals surface area (Å²) in [6, 6.07) is 7.64. The Morgan fingerprint density at radius 3 is 3.06 bits per heavy atom. The Morgan fingerprint density at radius 2 is 2.33 bits per heavy atom. The van der Waals surface area contributed by atoms with Crippen molar-refractivity contribution in [1.82, 2.24) is 10.6 Å². The van der Waals surface area contributed by atoms with Gasteiger partial charge in [0.1, 0.15) is 0 Å². The molecule has 0 saturated carbocycles. The van der Waals surface area contributed by atoms with E-state index in [4.69, 9.17) is 0 Å². The maximum absolute atomic E-state index is 11.9. The topological polar surface area (TPSA) is 41.1 Å². The van der Waals surface area contributed by atoms with Crippen molar-refractivity contribution >= 4 is 28.5 Å². The Morgan fingerprint density at radius 1 is 1.44 bits per heavy atom. The van der Waals surface area contributed by atoms with Gasteiger partial charge in [-0.25, -0.2) is 0 Å². The van der Waals surface area contributed by atoms with Crippen LogP contribution in [-0.2, 0) is 0 Å². The van der Waals surface area contributed by atoms with E-state index in [1.165, 1.54) is 5.57 Å². The number of halogens is 1. The number of carbonyl (C=O) groups excluding carboxylic acids is 1.